The zero-order chi connectivity index (χ0) is 37.7. The van der Waals surface area contributed by atoms with Crippen LogP contribution in [0.4, 0.5) is 0 Å². The molecule has 6 heterocycles. The summed E-state index contributed by atoms with van der Waals surface area (Å²) in [5.41, 5.74) is 10.8. The summed E-state index contributed by atoms with van der Waals surface area (Å²) in [5.74, 6) is 0.879. The number of benzene rings is 1. The van der Waals surface area contributed by atoms with Gasteiger partial charge in [0.1, 0.15) is 5.82 Å². The zero-order valence-corrected chi connectivity index (χ0v) is 31.1. The maximum Gasteiger partial charge on any atom is 0.356 e. The summed E-state index contributed by atoms with van der Waals surface area (Å²) in [4.78, 5) is 41.1. The second-order valence-corrected chi connectivity index (χ2v) is 14.7. The molecule has 0 fully saturated rings. The number of rotatable bonds is 14. The first kappa shape index (κ1) is 36.9. The number of nitrogens with one attached hydrogen (secondary N) is 2. The Balaban J connectivity index is 1.43. The molecule has 0 atom stereocenters. The topological polar surface area (TPSA) is 144 Å². The summed E-state index contributed by atoms with van der Waals surface area (Å²) in [7, 11) is -2.44. The van der Waals surface area contributed by atoms with Crippen LogP contribution in [0.2, 0.25) is 0 Å². The SMILES string of the molecule is C=CCOCCCC1=C2C=CC(=N2)/C(=C2\NC=CN2C)C2=NC(=C(CCCOCC=C)c3ccc([nH]3)C(c3ccc(P(=O)(O)O)cc3)=C3C=CC1=N3)C=C2. The van der Waals surface area contributed by atoms with Crippen LogP contribution in [-0.2, 0) is 14.0 Å². The Morgan fingerprint density at radius 3 is 1.93 bits per heavy atom. The highest BCUT2D eigenvalue weighted by molar-refractivity contribution is 7.60. The van der Waals surface area contributed by atoms with Gasteiger partial charge < -0.3 is 34.5 Å². The van der Waals surface area contributed by atoms with Crippen LogP contribution in [0.1, 0.15) is 42.6 Å². The van der Waals surface area contributed by atoms with Crippen molar-refractivity contribution in [3.05, 3.63) is 162 Å². The molecule has 5 aliphatic heterocycles. The fraction of sp³-hybridized carbons (Fsp3) is 0.214. The standard InChI is InChI=1S/C42H43N6O5P/c1-4-24-52-26-6-8-30-32-14-18-36(44-32)40(28-10-12-29(13-11-28)54(49,50)51)37-19-15-33(45-37)31(9-7-27-53-25-5-2)35-17-21-39(47-35)41(38-20-16-34(30)46-38)42-43-22-23-48(42)3/h4-5,10-23,43-44H,1-2,6-9,24-27H2,3H3,(H2,49,50,51)/b34-30?,35-31?,40-37?,42-41+. The predicted molar refractivity (Wildman–Crippen MR) is 216 cm³/mol. The van der Waals surface area contributed by atoms with Gasteiger partial charge in [0.05, 0.1) is 58.3 Å². The summed E-state index contributed by atoms with van der Waals surface area (Å²) >= 11 is 0. The zero-order valence-electron chi connectivity index (χ0n) is 30.2. The number of hydrogen-bond acceptors (Lipinski definition) is 8. The molecule has 0 aliphatic carbocycles. The van der Waals surface area contributed by atoms with E-state index in [1.54, 1.807) is 24.3 Å². The largest absolute Gasteiger partial charge is 0.377 e. The molecular weight excluding hydrogens is 699 g/mol. The van der Waals surface area contributed by atoms with Crippen molar-refractivity contribution in [2.75, 3.05) is 33.5 Å². The van der Waals surface area contributed by atoms with Crippen LogP contribution < -0.4 is 10.6 Å². The molecule has 7 rings (SSSR count). The molecule has 5 aliphatic rings. The van der Waals surface area contributed by atoms with E-state index < -0.39 is 7.60 Å². The Bertz CT molecular complexity index is 2250. The van der Waals surface area contributed by atoms with E-state index in [1.165, 1.54) is 12.1 Å². The number of aromatic amines is 1. The lowest BCUT2D eigenvalue weighted by Crippen LogP contribution is -2.23. The molecule has 8 bridgehead atoms. The molecule has 2 aromatic rings. The van der Waals surface area contributed by atoms with Gasteiger partial charge in [-0.15, -0.1) is 13.2 Å². The molecule has 0 unspecified atom stereocenters. The highest BCUT2D eigenvalue weighted by Crippen LogP contribution is 2.38. The molecule has 0 spiro atoms. The minimum absolute atomic E-state index is 0.0488. The van der Waals surface area contributed by atoms with Gasteiger partial charge in [0.15, 0.2) is 0 Å². The first-order valence-corrected chi connectivity index (χ1v) is 19.5. The van der Waals surface area contributed by atoms with Gasteiger partial charge in [0.2, 0.25) is 0 Å². The van der Waals surface area contributed by atoms with E-state index in [-0.39, 0.29) is 5.30 Å². The highest BCUT2D eigenvalue weighted by atomic mass is 31.2. The molecule has 1 aromatic heterocycles. The molecule has 0 radical (unpaired) electrons. The van der Waals surface area contributed by atoms with Crippen molar-refractivity contribution < 1.29 is 23.8 Å². The molecule has 11 nitrogen and oxygen atoms in total. The number of ether oxygens (including phenoxy) is 2. The van der Waals surface area contributed by atoms with Crippen molar-refractivity contribution >= 4 is 41.2 Å². The molecule has 276 valence electrons. The van der Waals surface area contributed by atoms with Crippen LogP contribution in [-0.4, -0.2) is 70.3 Å². The van der Waals surface area contributed by atoms with Gasteiger partial charge in [0.25, 0.3) is 0 Å². The van der Waals surface area contributed by atoms with Gasteiger partial charge in [-0.1, -0.05) is 24.3 Å². The predicted octanol–water partition coefficient (Wildman–Crippen LogP) is 6.77. The quantitative estimate of drug-likeness (QED) is 0.0951. The first-order chi connectivity index (χ1) is 26.2. The summed E-state index contributed by atoms with van der Waals surface area (Å²) in [6.45, 7) is 9.60. The second kappa shape index (κ2) is 16.3. The fourth-order valence-corrected chi connectivity index (χ4v) is 7.38. The van der Waals surface area contributed by atoms with Crippen molar-refractivity contribution in [3.63, 3.8) is 0 Å². The van der Waals surface area contributed by atoms with Gasteiger partial charge in [-0.2, -0.15) is 0 Å². The van der Waals surface area contributed by atoms with Crippen molar-refractivity contribution in [2.45, 2.75) is 25.7 Å². The van der Waals surface area contributed by atoms with E-state index >= 15 is 0 Å². The number of allylic oxidation sites excluding steroid dienone is 9. The lowest BCUT2D eigenvalue weighted by molar-refractivity contribution is 0.160. The Kier molecular flexibility index (Phi) is 11.1. The minimum Gasteiger partial charge on any atom is -0.377 e. The van der Waals surface area contributed by atoms with Gasteiger partial charge in [-0.25, -0.2) is 15.0 Å². The maximum atomic E-state index is 12.1. The van der Waals surface area contributed by atoms with E-state index in [0.29, 0.717) is 45.0 Å². The van der Waals surface area contributed by atoms with Crippen LogP contribution >= 0.6 is 7.60 Å². The van der Waals surface area contributed by atoms with E-state index in [4.69, 9.17) is 24.5 Å². The molecule has 1 aromatic carbocycles. The smallest absolute Gasteiger partial charge is 0.356 e. The number of aliphatic imine (C=N–C) groups is 3. The second-order valence-electron chi connectivity index (χ2n) is 13.1. The van der Waals surface area contributed by atoms with Crippen LogP contribution in [0.25, 0.3) is 11.1 Å². The Morgan fingerprint density at radius 2 is 1.31 bits per heavy atom. The van der Waals surface area contributed by atoms with Crippen LogP contribution in [0.3, 0.4) is 0 Å². The Morgan fingerprint density at radius 1 is 0.741 bits per heavy atom. The summed E-state index contributed by atoms with van der Waals surface area (Å²) in [6.07, 6.45) is 22.4. The number of H-pyrrole nitrogens is 1. The monoisotopic (exact) mass is 742 g/mol. The van der Waals surface area contributed by atoms with Crippen LogP contribution in [0.5, 0.6) is 0 Å². The van der Waals surface area contributed by atoms with Gasteiger partial charge in [0, 0.05) is 60.8 Å². The lowest BCUT2D eigenvalue weighted by atomic mass is 10.0. The van der Waals surface area contributed by atoms with E-state index in [2.05, 4.69) is 35.6 Å². The van der Waals surface area contributed by atoms with Gasteiger partial charge in [-0.05, 0) is 92.0 Å². The van der Waals surface area contributed by atoms with Crippen LogP contribution in [0.15, 0.2) is 160 Å². The summed E-state index contributed by atoms with van der Waals surface area (Å²) in [6, 6.07) is 10.5. The lowest BCUT2D eigenvalue weighted by Gasteiger charge is -2.17. The molecule has 54 heavy (non-hydrogen) atoms. The van der Waals surface area contributed by atoms with Crippen molar-refractivity contribution in [2.24, 2.45) is 15.0 Å². The van der Waals surface area contributed by atoms with Crippen molar-refractivity contribution in [1.29, 1.82) is 0 Å². The van der Waals surface area contributed by atoms with Crippen molar-refractivity contribution in [1.82, 2.24) is 15.2 Å². The molecular formula is C42H43N6O5P. The Hall–Kier alpha value is -5.42. The highest BCUT2D eigenvalue weighted by Gasteiger charge is 2.28. The number of hydrogen-bond donors (Lipinski definition) is 4. The van der Waals surface area contributed by atoms with Crippen LogP contribution in [0, 0.1) is 0 Å². The Labute approximate surface area is 315 Å². The van der Waals surface area contributed by atoms with E-state index in [9.17, 15) is 14.4 Å². The molecule has 4 N–H and O–H groups in total. The van der Waals surface area contributed by atoms with E-state index in [1.807, 2.05) is 60.8 Å². The van der Waals surface area contributed by atoms with Crippen molar-refractivity contribution in [3.8, 4) is 0 Å². The van der Waals surface area contributed by atoms with Gasteiger partial charge >= 0.3 is 7.60 Å². The number of fused-ring (bicyclic) bond motifs is 5. The van der Waals surface area contributed by atoms with Gasteiger partial charge in [-0.3, -0.25) is 4.57 Å². The number of nitrogens with zero attached hydrogens (tertiary/aromatic N) is 4. The third-order valence-electron chi connectivity index (χ3n) is 9.40. The fourth-order valence-electron chi connectivity index (χ4n) is 6.84. The third kappa shape index (κ3) is 7.91. The third-order valence-corrected chi connectivity index (χ3v) is 10.4. The summed E-state index contributed by atoms with van der Waals surface area (Å²) < 4.78 is 23.6. The molecule has 0 saturated carbocycles. The average Bonchev–Trinajstić information content (AvgIpc) is 4.02. The molecule has 0 amide bonds. The average molecular weight is 743 g/mol. The number of aromatic nitrogens is 1. The normalized spacial score (nSPS) is 18.9. The first-order valence-electron chi connectivity index (χ1n) is 17.9. The molecule has 12 heteroatoms. The molecule has 0 saturated heterocycles. The summed E-state index contributed by atoms with van der Waals surface area (Å²) in [5, 5.41) is 3.36. The van der Waals surface area contributed by atoms with E-state index in [0.717, 1.165) is 86.4 Å². The maximum absolute atomic E-state index is 12.1. The minimum atomic E-state index is -4.43.